The molecule has 6 fully saturated rings. The van der Waals surface area contributed by atoms with E-state index in [0.29, 0.717) is 13.0 Å². The summed E-state index contributed by atoms with van der Waals surface area (Å²) in [6.07, 6.45) is 1.65. The van der Waals surface area contributed by atoms with E-state index in [-0.39, 0.29) is 58.7 Å². The van der Waals surface area contributed by atoms with Gasteiger partial charge >= 0.3 is 0 Å². The Kier molecular flexibility index (Phi) is 4.56. The van der Waals surface area contributed by atoms with Crippen LogP contribution in [0.4, 0.5) is 0 Å². The smallest absolute Gasteiger partial charge is 0.0796 e. The van der Waals surface area contributed by atoms with Crippen LogP contribution in [0.15, 0.2) is 0 Å². The SMILES string of the molecule is CCN1C[C@]2(COC)CC[C@H](O)[C@@]34[C@@H]5C[C@H]6[C@H](O)[C@@H]5[C@](O)(C[C@H]6OC)[C@@H]([C@H](OC)[C@H]23)[C@@H]14. The normalized spacial score (nSPS) is 61.6. The van der Waals surface area contributed by atoms with Gasteiger partial charge in [0.1, 0.15) is 0 Å². The average Bonchev–Trinajstić information content (AvgIpc) is 3.16. The summed E-state index contributed by atoms with van der Waals surface area (Å²) in [5.41, 5.74) is -1.54. The monoisotopic (exact) mass is 437 g/mol. The molecule has 7 nitrogen and oxygen atoms in total. The topological polar surface area (TPSA) is 91.6 Å². The highest BCUT2D eigenvalue weighted by molar-refractivity contribution is 5.35. The summed E-state index contributed by atoms with van der Waals surface area (Å²) in [5, 5.41) is 35.7. The highest BCUT2D eigenvalue weighted by atomic mass is 16.5. The van der Waals surface area contributed by atoms with Crippen molar-refractivity contribution < 1.29 is 29.5 Å². The maximum atomic E-state index is 12.5. The van der Waals surface area contributed by atoms with Crippen molar-refractivity contribution in [3.8, 4) is 0 Å². The Labute approximate surface area is 185 Å². The van der Waals surface area contributed by atoms with Crippen molar-refractivity contribution in [2.75, 3.05) is 41.0 Å². The minimum atomic E-state index is -1.05. The molecule has 0 aromatic heterocycles. The Morgan fingerprint density at radius 2 is 1.87 bits per heavy atom. The molecule has 6 aliphatic rings. The van der Waals surface area contributed by atoms with Crippen molar-refractivity contribution in [2.45, 2.75) is 68.7 Å². The molecule has 0 aromatic rings. The molecule has 1 spiro atoms. The lowest BCUT2D eigenvalue weighted by molar-refractivity contribution is -0.272. The molecule has 1 aliphatic heterocycles. The summed E-state index contributed by atoms with van der Waals surface area (Å²) >= 11 is 0. The van der Waals surface area contributed by atoms with Gasteiger partial charge < -0.3 is 29.5 Å². The van der Waals surface area contributed by atoms with Gasteiger partial charge in [-0.15, -0.1) is 0 Å². The van der Waals surface area contributed by atoms with Crippen LogP contribution in [-0.2, 0) is 14.2 Å². The number of ether oxygens (including phenoxy) is 3. The van der Waals surface area contributed by atoms with Gasteiger partial charge in [-0.3, -0.25) is 4.90 Å². The molecule has 5 saturated carbocycles. The number of aliphatic hydroxyl groups is 3. The Morgan fingerprint density at radius 1 is 1.10 bits per heavy atom. The Hall–Kier alpha value is -0.280. The van der Waals surface area contributed by atoms with Crippen LogP contribution >= 0.6 is 0 Å². The van der Waals surface area contributed by atoms with Crippen LogP contribution in [0, 0.1) is 40.4 Å². The van der Waals surface area contributed by atoms with Crippen LogP contribution in [0.25, 0.3) is 0 Å². The Morgan fingerprint density at radius 3 is 2.52 bits per heavy atom. The van der Waals surface area contributed by atoms with Crippen molar-refractivity contribution in [2.24, 2.45) is 40.4 Å². The van der Waals surface area contributed by atoms with E-state index in [2.05, 4.69) is 11.8 Å². The molecular weight excluding hydrogens is 398 g/mol. The van der Waals surface area contributed by atoms with Crippen molar-refractivity contribution in [1.29, 1.82) is 0 Å². The zero-order chi connectivity index (χ0) is 21.9. The summed E-state index contributed by atoms with van der Waals surface area (Å²) in [7, 11) is 5.24. The minimum absolute atomic E-state index is 0.0248. The summed E-state index contributed by atoms with van der Waals surface area (Å²) < 4.78 is 18.0. The maximum Gasteiger partial charge on any atom is 0.0796 e. The standard InChI is InChI=1S/C24H39NO6/c1-5-25-10-22(11-29-2)7-6-15(26)24-13-8-12-14(30-3)9-23(28,16(13)18(12)27)17(21(24)25)19(31-4)20(22)24/h12-21,26-28H,5-11H2,1-4H3/t12-,13-,14-,15+,16-,17+,18+,19+,20-,21-,22+,23-,24+/m1/s1. The maximum absolute atomic E-state index is 12.5. The van der Waals surface area contributed by atoms with Crippen LogP contribution in [-0.4, -0.2) is 97.3 Å². The molecule has 0 radical (unpaired) electrons. The molecule has 0 amide bonds. The molecule has 13 atom stereocenters. The number of methoxy groups -OCH3 is 3. The van der Waals surface area contributed by atoms with Crippen molar-refractivity contribution in [1.82, 2.24) is 4.90 Å². The van der Waals surface area contributed by atoms with Crippen LogP contribution in [0.1, 0.15) is 32.6 Å². The summed E-state index contributed by atoms with van der Waals surface area (Å²) in [6.45, 7) is 4.63. The van der Waals surface area contributed by atoms with Gasteiger partial charge in [0.05, 0.1) is 36.6 Å². The molecule has 1 heterocycles. The second-order valence-electron chi connectivity index (χ2n) is 11.6. The average molecular weight is 438 g/mol. The van der Waals surface area contributed by atoms with Gasteiger partial charge in [0.2, 0.25) is 0 Å². The molecule has 7 bridgehead atoms. The van der Waals surface area contributed by atoms with Gasteiger partial charge in [0, 0.05) is 74.8 Å². The number of piperidine rings is 1. The van der Waals surface area contributed by atoms with E-state index in [4.69, 9.17) is 14.2 Å². The first-order valence-electron chi connectivity index (χ1n) is 12.2. The quantitative estimate of drug-likeness (QED) is 0.577. The highest BCUT2D eigenvalue weighted by Gasteiger charge is 2.86. The number of aliphatic hydroxyl groups excluding tert-OH is 2. The third-order valence-corrected chi connectivity index (χ3v) is 11.1. The van der Waals surface area contributed by atoms with Crippen LogP contribution in [0.2, 0.25) is 0 Å². The first-order chi connectivity index (χ1) is 14.9. The molecule has 5 aliphatic carbocycles. The molecule has 3 N–H and O–H groups in total. The zero-order valence-electron chi connectivity index (χ0n) is 19.2. The van der Waals surface area contributed by atoms with Crippen LogP contribution in [0.3, 0.4) is 0 Å². The predicted molar refractivity (Wildman–Crippen MR) is 112 cm³/mol. The first kappa shape index (κ1) is 21.3. The van der Waals surface area contributed by atoms with E-state index in [1.54, 1.807) is 21.3 Å². The number of hydrogen-bond donors (Lipinski definition) is 3. The highest BCUT2D eigenvalue weighted by Crippen LogP contribution is 2.79. The summed E-state index contributed by atoms with van der Waals surface area (Å²) in [4.78, 5) is 2.52. The second kappa shape index (κ2) is 6.65. The van der Waals surface area contributed by atoms with E-state index in [1.807, 2.05) is 0 Å². The fourth-order valence-electron chi connectivity index (χ4n) is 10.7. The van der Waals surface area contributed by atoms with Gasteiger partial charge in [-0.2, -0.15) is 0 Å². The molecular formula is C24H39NO6. The summed E-state index contributed by atoms with van der Waals surface area (Å²) in [6, 6.07) is 0.0561. The number of rotatable bonds is 5. The van der Waals surface area contributed by atoms with Crippen molar-refractivity contribution in [3.05, 3.63) is 0 Å². The van der Waals surface area contributed by atoms with E-state index >= 15 is 0 Å². The van der Waals surface area contributed by atoms with Gasteiger partial charge in [0.15, 0.2) is 0 Å². The third kappa shape index (κ3) is 2.12. The van der Waals surface area contributed by atoms with Gasteiger partial charge in [-0.1, -0.05) is 6.92 Å². The summed E-state index contributed by atoms with van der Waals surface area (Å²) in [5.74, 6) is -0.168. The molecule has 0 unspecified atom stereocenters. The number of fused-ring (bicyclic) bond motifs is 2. The third-order valence-electron chi connectivity index (χ3n) is 11.1. The van der Waals surface area contributed by atoms with E-state index in [1.165, 1.54) is 0 Å². The largest absolute Gasteiger partial charge is 0.392 e. The van der Waals surface area contributed by atoms with E-state index in [0.717, 1.165) is 32.4 Å². The first-order valence-corrected chi connectivity index (χ1v) is 12.2. The van der Waals surface area contributed by atoms with Crippen molar-refractivity contribution in [3.63, 3.8) is 0 Å². The lowest BCUT2D eigenvalue weighted by Gasteiger charge is -2.68. The van der Waals surface area contributed by atoms with Crippen molar-refractivity contribution >= 4 is 0 Å². The second-order valence-corrected chi connectivity index (χ2v) is 11.6. The molecule has 1 saturated heterocycles. The van der Waals surface area contributed by atoms with Crippen LogP contribution < -0.4 is 0 Å². The number of hydrogen-bond acceptors (Lipinski definition) is 7. The minimum Gasteiger partial charge on any atom is -0.392 e. The molecule has 176 valence electrons. The van der Waals surface area contributed by atoms with Gasteiger partial charge in [-0.25, -0.2) is 0 Å². The number of nitrogens with zero attached hydrogens (tertiary/aromatic N) is 1. The Balaban J connectivity index is 1.62. The zero-order valence-corrected chi connectivity index (χ0v) is 19.2. The lowest BCUT2D eigenvalue weighted by Crippen LogP contribution is -2.76. The van der Waals surface area contributed by atoms with Gasteiger partial charge in [-0.05, 0) is 31.7 Å². The molecule has 6 rings (SSSR count). The van der Waals surface area contributed by atoms with Gasteiger partial charge in [0.25, 0.3) is 0 Å². The molecule has 31 heavy (non-hydrogen) atoms. The fourth-order valence-corrected chi connectivity index (χ4v) is 10.7. The molecule has 7 heteroatoms. The molecule has 0 aromatic carbocycles. The number of likely N-dealkylation sites (tertiary alicyclic amines) is 1. The predicted octanol–water partition coefficient (Wildman–Crippen LogP) is 0.502. The lowest BCUT2D eigenvalue weighted by atomic mass is 9.43. The fraction of sp³-hybridized carbons (Fsp3) is 1.00. The Bertz CT molecular complexity index is 752. The van der Waals surface area contributed by atoms with E-state index in [9.17, 15) is 15.3 Å². The van der Waals surface area contributed by atoms with E-state index < -0.39 is 17.8 Å². The van der Waals surface area contributed by atoms with Crippen LogP contribution in [0.5, 0.6) is 0 Å².